The number of carboxylic acid groups (broad SMARTS) is 1. The largest absolute Gasteiger partial charge is 0.477 e. The molecule has 3 rings (SSSR count). The molecule has 0 bridgehead atoms. The third-order valence-corrected chi connectivity index (χ3v) is 6.53. The normalized spacial score (nSPS) is 15.6. The van der Waals surface area contributed by atoms with Crippen molar-refractivity contribution in [3.8, 4) is 0 Å². The number of amides is 1. The van der Waals surface area contributed by atoms with Gasteiger partial charge in [0.15, 0.2) is 0 Å². The number of hydrogen-bond donors (Lipinski definition) is 4. The maximum absolute atomic E-state index is 12.9. The summed E-state index contributed by atoms with van der Waals surface area (Å²) in [7, 11) is -2.75. The quantitative estimate of drug-likeness (QED) is 0.509. The molecule has 0 radical (unpaired) electrons. The Bertz CT molecular complexity index is 1200. The second-order valence-corrected chi connectivity index (χ2v) is 9.14. The van der Waals surface area contributed by atoms with Gasteiger partial charge in [-0.1, -0.05) is 34.8 Å². The van der Waals surface area contributed by atoms with Crippen molar-refractivity contribution in [3.63, 3.8) is 0 Å². The molecule has 0 fully saturated rings. The van der Waals surface area contributed by atoms with Gasteiger partial charge >= 0.3 is 5.97 Å². The SMILES string of the molecule is CNC(=O)c1ccc(S(=O)(=O)NC2C=C(C(=O)O)Nc3cc(Cl)cc(Cl)c32)cc1Cl. The van der Waals surface area contributed by atoms with E-state index in [1.807, 2.05) is 0 Å². The van der Waals surface area contributed by atoms with Crippen LogP contribution in [0.25, 0.3) is 0 Å². The number of aliphatic carboxylic acids is 1. The average molecular weight is 491 g/mol. The molecule has 1 atom stereocenters. The Balaban J connectivity index is 2.03. The summed E-state index contributed by atoms with van der Waals surface area (Å²) in [4.78, 5) is 23.0. The number of anilines is 1. The third kappa shape index (κ3) is 4.40. The lowest BCUT2D eigenvalue weighted by Gasteiger charge is -2.26. The summed E-state index contributed by atoms with van der Waals surface area (Å²) in [6.07, 6.45) is 1.18. The molecule has 4 N–H and O–H groups in total. The molecule has 1 aliphatic rings. The highest BCUT2D eigenvalue weighted by molar-refractivity contribution is 7.89. The van der Waals surface area contributed by atoms with Gasteiger partial charge in [-0.2, -0.15) is 4.72 Å². The summed E-state index contributed by atoms with van der Waals surface area (Å²) in [5.74, 6) is -1.76. The van der Waals surface area contributed by atoms with Crippen molar-refractivity contribution in [1.29, 1.82) is 0 Å². The summed E-state index contributed by atoms with van der Waals surface area (Å²) in [5.41, 5.74) is 0.424. The van der Waals surface area contributed by atoms with Crippen molar-refractivity contribution < 1.29 is 23.1 Å². The molecule has 0 spiro atoms. The van der Waals surface area contributed by atoms with Gasteiger partial charge in [-0.05, 0) is 36.4 Å². The minimum absolute atomic E-state index is 0.0606. The molecule has 1 aliphatic heterocycles. The third-order valence-electron chi connectivity index (χ3n) is 4.24. The first-order valence-corrected chi connectivity index (χ1v) is 10.9. The van der Waals surface area contributed by atoms with Gasteiger partial charge in [0.05, 0.1) is 21.5 Å². The van der Waals surface area contributed by atoms with Gasteiger partial charge in [0.1, 0.15) is 5.70 Å². The van der Waals surface area contributed by atoms with Crippen LogP contribution in [0.5, 0.6) is 0 Å². The van der Waals surface area contributed by atoms with E-state index in [0.29, 0.717) is 5.56 Å². The second kappa shape index (κ2) is 8.44. The van der Waals surface area contributed by atoms with Gasteiger partial charge in [0.2, 0.25) is 10.0 Å². The molecule has 158 valence electrons. The molecule has 12 heteroatoms. The zero-order chi connectivity index (χ0) is 22.2. The second-order valence-electron chi connectivity index (χ2n) is 6.18. The topological polar surface area (TPSA) is 125 Å². The number of carbonyl (C=O) groups excluding carboxylic acids is 1. The summed E-state index contributed by atoms with van der Waals surface area (Å²) in [6, 6.07) is 5.37. The van der Waals surface area contributed by atoms with E-state index in [4.69, 9.17) is 34.8 Å². The van der Waals surface area contributed by atoms with Crippen LogP contribution < -0.4 is 15.4 Å². The fourth-order valence-corrected chi connectivity index (χ4v) is 4.99. The van der Waals surface area contributed by atoms with Crippen molar-refractivity contribution in [3.05, 3.63) is 68.3 Å². The summed E-state index contributed by atoms with van der Waals surface area (Å²) in [5, 5.41) is 14.7. The molecule has 1 amide bonds. The highest BCUT2D eigenvalue weighted by atomic mass is 35.5. The number of sulfonamides is 1. The van der Waals surface area contributed by atoms with Crippen molar-refractivity contribution in [2.75, 3.05) is 12.4 Å². The van der Waals surface area contributed by atoms with E-state index in [0.717, 1.165) is 6.07 Å². The first-order valence-electron chi connectivity index (χ1n) is 8.28. The lowest BCUT2D eigenvalue weighted by Crippen LogP contribution is -2.32. The minimum Gasteiger partial charge on any atom is -0.477 e. The van der Waals surface area contributed by atoms with Crippen LogP contribution >= 0.6 is 34.8 Å². The van der Waals surface area contributed by atoms with E-state index in [-0.39, 0.29) is 36.9 Å². The monoisotopic (exact) mass is 489 g/mol. The van der Waals surface area contributed by atoms with Crippen molar-refractivity contribution >= 4 is 62.4 Å². The number of benzene rings is 2. The zero-order valence-electron chi connectivity index (χ0n) is 15.2. The van der Waals surface area contributed by atoms with Crippen molar-refractivity contribution in [2.24, 2.45) is 0 Å². The van der Waals surface area contributed by atoms with Gasteiger partial charge in [-0.3, -0.25) is 4.79 Å². The van der Waals surface area contributed by atoms with Crippen LogP contribution in [0.15, 0.2) is 47.0 Å². The average Bonchev–Trinajstić information content (AvgIpc) is 2.66. The highest BCUT2D eigenvalue weighted by Gasteiger charge is 2.30. The van der Waals surface area contributed by atoms with E-state index >= 15 is 0 Å². The smallest absolute Gasteiger partial charge is 0.352 e. The van der Waals surface area contributed by atoms with Crippen molar-refractivity contribution in [2.45, 2.75) is 10.9 Å². The van der Waals surface area contributed by atoms with Gasteiger partial charge in [-0.15, -0.1) is 0 Å². The fourth-order valence-electron chi connectivity index (χ4n) is 2.88. The lowest BCUT2D eigenvalue weighted by molar-refractivity contribution is -0.132. The highest BCUT2D eigenvalue weighted by Crippen LogP contribution is 2.39. The van der Waals surface area contributed by atoms with Crippen LogP contribution in [0.1, 0.15) is 22.0 Å². The number of carbonyl (C=O) groups is 2. The molecule has 0 aliphatic carbocycles. The van der Waals surface area contributed by atoms with Crippen LogP contribution in [0, 0.1) is 0 Å². The summed E-state index contributed by atoms with van der Waals surface area (Å²) < 4.78 is 28.3. The molecule has 2 aromatic rings. The zero-order valence-corrected chi connectivity index (χ0v) is 18.2. The van der Waals surface area contributed by atoms with Gasteiger partial charge in [0, 0.05) is 28.3 Å². The molecule has 1 heterocycles. The molecule has 0 saturated heterocycles. The lowest BCUT2D eigenvalue weighted by atomic mass is 10.0. The summed E-state index contributed by atoms with van der Waals surface area (Å²) in [6.45, 7) is 0. The van der Waals surface area contributed by atoms with Gasteiger partial charge < -0.3 is 15.7 Å². The fraction of sp³-hybridized carbons (Fsp3) is 0.111. The first kappa shape index (κ1) is 22.4. The number of rotatable bonds is 5. The van der Waals surface area contributed by atoms with E-state index in [1.165, 1.54) is 37.4 Å². The van der Waals surface area contributed by atoms with Crippen LogP contribution in [0.2, 0.25) is 15.1 Å². The first-order chi connectivity index (χ1) is 14.0. The molecule has 0 saturated carbocycles. The van der Waals surface area contributed by atoms with Crippen molar-refractivity contribution in [1.82, 2.24) is 10.0 Å². The van der Waals surface area contributed by atoms with E-state index in [9.17, 15) is 23.1 Å². The van der Waals surface area contributed by atoms with Crippen LogP contribution in [0.3, 0.4) is 0 Å². The molecule has 8 nitrogen and oxygen atoms in total. The number of nitrogens with one attached hydrogen (secondary N) is 3. The Labute approximate surface area is 186 Å². The molecule has 1 unspecified atom stereocenters. The standard InChI is InChI=1S/C18H14Cl3N3O5S/c1-22-17(25)10-3-2-9(6-11(10)20)30(28,29)24-14-7-15(18(26)27)23-13-5-8(19)4-12(21)16(13)14/h2-7,14,23-24H,1H3,(H,22,25)(H,26,27). The Morgan fingerprint density at radius 2 is 1.80 bits per heavy atom. The maximum atomic E-state index is 12.9. The minimum atomic E-state index is -4.17. The number of fused-ring (bicyclic) bond motifs is 1. The molecule has 30 heavy (non-hydrogen) atoms. The molecular formula is C18H14Cl3N3O5S. The summed E-state index contributed by atoms with van der Waals surface area (Å²) >= 11 is 18.3. The van der Waals surface area contributed by atoms with E-state index < -0.39 is 27.9 Å². The Morgan fingerprint density at radius 3 is 2.40 bits per heavy atom. The van der Waals surface area contributed by atoms with Crippen LogP contribution in [-0.2, 0) is 14.8 Å². The number of halogens is 3. The molecule has 0 aromatic heterocycles. The Kier molecular flexibility index (Phi) is 6.30. The molecular weight excluding hydrogens is 477 g/mol. The molecule has 2 aromatic carbocycles. The number of hydrogen-bond acceptors (Lipinski definition) is 5. The Morgan fingerprint density at radius 1 is 1.10 bits per heavy atom. The maximum Gasteiger partial charge on any atom is 0.352 e. The van der Waals surface area contributed by atoms with E-state index in [2.05, 4.69) is 15.4 Å². The predicted molar refractivity (Wildman–Crippen MR) is 114 cm³/mol. The van der Waals surface area contributed by atoms with E-state index in [1.54, 1.807) is 0 Å². The van der Waals surface area contributed by atoms with Gasteiger partial charge in [0.25, 0.3) is 5.91 Å². The van der Waals surface area contributed by atoms with Gasteiger partial charge in [-0.25, -0.2) is 13.2 Å². The van der Waals surface area contributed by atoms with Crippen LogP contribution in [0.4, 0.5) is 5.69 Å². The number of carboxylic acids is 1. The van der Waals surface area contributed by atoms with Crippen LogP contribution in [-0.4, -0.2) is 32.4 Å². The Hall–Kier alpha value is -2.30. The predicted octanol–water partition coefficient (Wildman–Crippen LogP) is 3.42.